The summed E-state index contributed by atoms with van der Waals surface area (Å²) >= 11 is 0. The summed E-state index contributed by atoms with van der Waals surface area (Å²) in [4.78, 5) is 23.6. The molecule has 0 spiro atoms. The Morgan fingerprint density at radius 1 is 1.12 bits per heavy atom. The number of ether oxygens (including phenoxy) is 4. The molecule has 0 saturated carbocycles. The Kier molecular flexibility index (Phi) is 18.0. The Morgan fingerprint density at radius 2 is 1.81 bits per heavy atom. The Morgan fingerprint density at radius 3 is 2.41 bits per heavy atom. The zero-order valence-electron chi connectivity index (χ0n) is 19.0. The first-order chi connectivity index (χ1) is 15.3. The highest BCUT2D eigenvalue weighted by Crippen LogP contribution is 2.05. The van der Waals surface area contributed by atoms with Gasteiger partial charge in [-0.15, -0.1) is 0 Å². The zero-order valence-corrected chi connectivity index (χ0v) is 19.9. The maximum Gasteiger partial charge on any atom is 0.305 e. The van der Waals surface area contributed by atoms with Crippen LogP contribution in [-0.4, -0.2) is 84.4 Å². The molecule has 0 fully saturated rings. The third-order valence-corrected chi connectivity index (χ3v) is 5.25. The summed E-state index contributed by atoms with van der Waals surface area (Å²) < 4.78 is 45.6. The van der Waals surface area contributed by atoms with E-state index in [1.54, 1.807) is 0 Å². The van der Waals surface area contributed by atoms with Crippen LogP contribution in [0.25, 0.3) is 0 Å². The average Bonchev–Trinajstić information content (AvgIpc) is 2.78. The molecule has 0 heterocycles. The van der Waals surface area contributed by atoms with Gasteiger partial charge in [0, 0.05) is 51.7 Å². The molecule has 12 heteroatoms. The average molecular weight is 483 g/mol. The molecule has 0 bridgehead atoms. The van der Waals surface area contributed by atoms with Crippen LogP contribution in [0.5, 0.6) is 0 Å². The molecule has 188 valence electrons. The van der Waals surface area contributed by atoms with Crippen LogP contribution in [0.3, 0.4) is 0 Å². The quantitative estimate of drug-likeness (QED) is 0.120. The van der Waals surface area contributed by atoms with E-state index in [4.69, 9.17) is 24.1 Å². The van der Waals surface area contributed by atoms with Crippen molar-refractivity contribution in [2.24, 2.45) is 0 Å². The van der Waals surface area contributed by atoms with Crippen molar-refractivity contribution >= 4 is 21.9 Å². The summed E-state index contributed by atoms with van der Waals surface area (Å²) in [5, 5.41) is 12.7. The fraction of sp³-hybridized carbons (Fsp3) is 0.800. The van der Waals surface area contributed by atoms with Crippen molar-refractivity contribution in [3.8, 4) is 0 Å². The molecule has 0 aromatic carbocycles. The van der Waals surface area contributed by atoms with Gasteiger partial charge in [-0.1, -0.05) is 13.5 Å². The second kappa shape index (κ2) is 18.9. The Balaban J connectivity index is 3.68. The highest BCUT2D eigenvalue weighted by molar-refractivity contribution is 7.92. The van der Waals surface area contributed by atoms with Gasteiger partial charge in [0.1, 0.15) is 6.61 Å². The van der Waals surface area contributed by atoms with Crippen molar-refractivity contribution in [2.75, 3.05) is 46.6 Å². The molecule has 0 saturated heterocycles. The van der Waals surface area contributed by atoms with Crippen LogP contribution in [0, 0.1) is 0 Å². The van der Waals surface area contributed by atoms with Gasteiger partial charge in [-0.25, -0.2) is 13.1 Å². The molecule has 2 unspecified atom stereocenters. The molecule has 0 aliphatic heterocycles. The van der Waals surface area contributed by atoms with E-state index in [-0.39, 0.29) is 44.6 Å². The summed E-state index contributed by atoms with van der Waals surface area (Å²) in [6.07, 6.45) is 1.28. The van der Waals surface area contributed by atoms with Crippen LogP contribution in [0.15, 0.2) is 12.0 Å². The van der Waals surface area contributed by atoms with Crippen molar-refractivity contribution in [2.45, 2.75) is 57.8 Å². The van der Waals surface area contributed by atoms with Gasteiger partial charge in [0.2, 0.25) is 15.9 Å². The van der Waals surface area contributed by atoms with E-state index in [0.29, 0.717) is 45.4 Å². The van der Waals surface area contributed by atoms with Crippen LogP contribution < -0.4 is 10.0 Å². The fourth-order valence-corrected chi connectivity index (χ4v) is 2.86. The van der Waals surface area contributed by atoms with Crippen molar-refractivity contribution in [3.05, 3.63) is 12.0 Å². The van der Waals surface area contributed by atoms with E-state index >= 15 is 0 Å². The second-order valence-corrected chi connectivity index (χ2v) is 8.54. The van der Waals surface area contributed by atoms with Gasteiger partial charge in [-0.2, -0.15) is 0 Å². The highest BCUT2D eigenvalue weighted by Gasteiger charge is 2.16. The van der Waals surface area contributed by atoms with Gasteiger partial charge in [0.05, 0.1) is 12.7 Å². The predicted octanol–water partition coefficient (Wildman–Crippen LogP) is 0.436. The number of esters is 1. The largest absolute Gasteiger partial charge is 0.460 e. The smallest absolute Gasteiger partial charge is 0.305 e. The molecule has 11 nitrogen and oxygen atoms in total. The molecule has 0 aliphatic carbocycles. The van der Waals surface area contributed by atoms with Crippen LogP contribution >= 0.6 is 0 Å². The fourth-order valence-electron chi connectivity index (χ4n) is 2.31. The second-order valence-electron chi connectivity index (χ2n) is 6.83. The summed E-state index contributed by atoms with van der Waals surface area (Å²) in [7, 11) is -1.97. The standard InChI is InChI=1S/C20H38N2O9S/c1-4-17(15-23)31-20(28-3)16-30-19(25)10-6-9-18(24)21-11-7-13-29-14-8-12-22-32(26,27)5-2/h5,17,20,22-23H,2,4,6-16H2,1,3H3,(H,21,24). The van der Waals surface area contributed by atoms with E-state index in [9.17, 15) is 18.0 Å². The van der Waals surface area contributed by atoms with Crippen molar-refractivity contribution in [1.29, 1.82) is 0 Å². The lowest BCUT2D eigenvalue weighted by atomic mass is 10.2. The van der Waals surface area contributed by atoms with Gasteiger partial charge in [0.25, 0.3) is 0 Å². The van der Waals surface area contributed by atoms with Gasteiger partial charge < -0.3 is 29.4 Å². The van der Waals surface area contributed by atoms with E-state index in [1.807, 2.05) is 6.92 Å². The SMILES string of the molecule is C=CS(=O)(=O)NCCCOCCCNC(=O)CCCC(=O)OCC(OC)OC(CC)CO. The van der Waals surface area contributed by atoms with Crippen molar-refractivity contribution in [3.63, 3.8) is 0 Å². The Bertz CT molecular complexity index is 625. The molecular weight excluding hydrogens is 444 g/mol. The normalized spacial score (nSPS) is 13.3. The molecule has 3 N–H and O–H groups in total. The number of carbonyl (C=O) groups is 2. The number of aliphatic hydroxyl groups excluding tert-OH is 1. The lowest BCUT2D eigenvalue weighted by Crippen LogP contribution is -2.30. The van der Waals surface area contributed by atoms with E-state index in [0.717, 1.165) is 5.41 Å². The molecule has 0 aromatic heterocycles. The maximum absolute atomic E-state index is 11.8. The van der Waals surface area contributed by atoms with Crippen LogP contribution in [-0.2, 0) is 38.6 Å². The third kappa shape index (κ3) is 17.0. The lowest BCUT2D eigenvalue weighted by Gasteiger charge is -2.21. The minimum Gasteiger partial charge on any atom is -0.460 e. The molecule has 0 radical (unpaired) electrons. The number of sulfonamides is 1. The Labute approximate surface area is 190 Å². The van der Waals surface area contributed by atoms with E-state index in [1.165, 1.54) is 7.11 Å². The number of hydrogen-bond donors (Lipinski definition) is 3. The van der Waals surface area contributed by atoms with Gasteiger partial charge in [0.15, 0.2) is 6.29 Å². The van der Waals surface area contributed by atoms with E-state index in [2.05, 4.69) is 16.6 Å². The van der Waals surface area contributed by atoms with Crippen molar-refractivity contribution in [1.82, 2.24) is 10.0 Å². The maximum atomic E-state index is 11.8. The molecule has 32 heavy (non-hydrogen) atoms. The van der Waals surface area contributed by atoms with Crippen LogP contribution in [0.4, 0.5) is 0 Å². The van der Waals surface area contributed by atoms with Gasteiger partial charge in [-0.05, 0) is 25.7 Å². The number of carbonyl (C=O) groups excluding carboxylic acids is 2. The first kappa shape index (κ1) is 30.4. The first-order valence-electron chi connectivity index (χ1n) is 10.7. The van der Waals surface area contributed by atoms with Crippen LogP contribution in [0.2, 0.25) is 0 Å². The predicted molar refractivity (Wildman–Crippen MR) is 118 cm³/mol. The Hall–Kier alpha value is -1.57. The van der Waals surface area contributed by atoms with Crippen molar-refractivity contribution < 1.29 is 42.1 Å². The minimum absolute atomic E-state index is 0.0852. The van der Waals surface area contributed by atoms with Gasteiger partial charge >= 0.3 is 5.97 Å². The highest BCUT2D eigenvalue weighted by atomic mass is 32.2. The number of amides is 1. The van der Waals surface area contributed by atoms with Crippen LogP contribution in [0.1, 0.15) is 45.4 Å². The molecular formula is C20H38N2O9S. The lowest BCUT2D eigenvalue weighted by molar-refractivity contribution is -0.194. The summed E-state index contributed by atoms with van der Waals surface area (Å²) in [5.41, 5.74) is 0. The summed E-state index contributed by atoms with van der Waals surface area (Å²) in [6.45, 7) is 6.40. The number of nitrogens with one attached hydrogen (secondary N) is 2. The topological polar surface area (TPSA) is 149 Å². The monoisotopic (exact) mass is 482 g/mol. The zero-order chi connectivity index (χ0) is 24.2. The van der Waals surface area contributed by atoms with E-state index < -0.39 is 22.3 Å². The molecule has 0 aliphatic rings. The molecule has 1 amide bonds. The number of methoxy groups -OCH3 is 1. The first-order valence-corrected chi connectivity index (χ1v) is 12.2. The summed E-state index contributed by atoms with van der Waals surface area (Å²) in [6, 6.07) is 0. The molecule has 0 rings (SSSR count). The number of hydrogen-bond acceptors (Lipinski definition) is 9. The summed E-state index contributed by atoms with van der Waals surface area (Å²) in [5.74, 6) is -0.618. The third-order valence-electron chi connectivity index (χ3n) is 4.21. The minimum atomic E-state index is -3.40. The van der Waals surface area contributed by atoms with Gasteiger partial charge in [-0.3, -0.25) is 9.59 Å². The number of rotatable bonds is 21. The molecule has 0 aromatic rings. The molecule has 2 atom stereocenters. The number of aliphatic hydroxyl groups is 1.